The molecule has 1 heterocycles. The fraction of sp³-hybridized carbons (Fsp3) is 0.857. The number of ether oxygens (including phenoxy) is 1. The molecule has 3 nitrogen and oxygen atoms in total. The van der Waals surface area contributed by atoms with E-state index in [0.29, 0.717) is 0 Å². The normalized spacial score (nSPS) is 24.1. The predicted molar refractivity (Wildman–Crippen MR) is 45.5 cm³/mol. The van der Waals surface area contributed by atoms with Crippen LogP contribution in [0.1, 0.15) is 13.8 Å². The maximum Gasteiger partial charge on any atom is 0.324 e. The lowest BCUT2D eigenvalue weighted by atomic mass is 10.3. The Bertz CT molecular complexity index is 143. The third-order valence-corrected chi connectivity index (χ3v) is 2.29. The zero-order valence-corrected chi connectivity index (χ0v) is 7.61. The van der Waals surface area contributed by atoms with E-state index in [1.54, 1.807) is 11.8 Å². The molecule has 1 atom stereocenters. The van der Waals surface area contributed by atoms with Crippen LogP contribution >= 0.6 is 11.8 Å². The zero-order chi connectivity index (χ0) is 8.27. The quantitative estimate of drug-likeness (QED) is 0.624. The largest absolute Gasteiger partial charge is 0.462 e. The van der Waals surface area contributed by atoms with Gasteiger partial charge in [0.15, 0.2) is 0 Å². The fourth-order valence-electron chi connectivity index (χ4n) is 0.861. The molecule has 0 bridgehead atoms. The summed E-state index contributed by atoms with van der Waals surface area (Å²) in [5.41, 5.74) is 0. The van der Waals surface area contributed by atoms with Gasteiger partial charge in [-0.1, -0.05) is 0 Å². The summed E-state index contributed by atoms with van der Waals surface area (Å²) in [4.78, 5) is 11.2. The van der Waals surface area contributed by atoms with Gasteiger partial charge in [-0.2, -0.15) is 0 Å². The van der Waals surface area contributed by atoms with Crippen molar-refractivity contribution >= 4 is 17.7 Å². The van der Waals surface area contributed by atoms with Crippen molar-refractivity contribution in [3.05, 3.63) is 0 Å². The van der Waals surface area contributed by atoms with Crippen LogP contribution in [0.15, 0.2) is 0 Å². The van der Waals surface area contributed by atoms with E-state index in [2.05, 4.69) is 5.32 Å². The Morgan fingerprint density at radius 3 is 2.91 bits per heavy atom. The molecule has 1 aliphatic heterocycles. The van der Waals surface area contributed by atoms with Gasteiger partial charge in [-0.05, 0) is 13.8 Å². The molecule has 0 saturated carbocycles. The van der Waals surface area contributed by atoms with Gasteiger partial charge in [-0.25, -0.2) is 0 Å². The van der Waals surface area contributed by atoms with E-state index in [4.69, 9.17) is 4.74 Å². The molecular weight excluding hydrogens is 162 g/mol. The van der Waals surface area contributed by atoms with E-state index in [1.807, 2.05) is 13.8 Å². The molecule has 0 radical (unpaired) electrons. The fourth-order valence-corrected chi connectivity index (χ4v) is 1.79. The molecule has 1 fully saturated rings. The summed E-state index contributed by atoms with van der Waals surface area (Å²) in [6.07, 6.45) is -0.00472. The number of carbonyl (C=O) groups is 1. The molecule has 0 aromatic rings. The summed E-state index contributed by atoms with van der Waals surface area (Å²) in [7, 11) is 0. The van der Waals surface area contributed by atoms with Crippen molar-refractivity contribution in [2.75, 3.05) is 11.6 Å². The molecular formula is C7H13NO2S. The van der Waals surface area contributed by atoms with Gasteiger partial charge in [-0.15, -0.1) is 11.8 Å². The van der Waals surface area contributed by atoms with Crippen molar-refractivity contribution in [3.63, 3.8) is 0 Å². The van der Waals surface area contributed by atoms with E-state index in [-0.39, 0.29) is 18.1 Å². The third-order valence-electron chi connectivity index (χ3n) is 1.35. The number of thioether (sulfide) groups is 1. The zero-order valence-electron chi connectivity index (χ0n) is 6.79. The van der Waals surface area contributed by atoms with Crippen LogP contribution in [0.2, 0.25) is 0 Å². The smallest absolute Gasteiger partial charge is 0.324 e. The number of hydrogen-bond donors (Lipinski definition) is 1. The number of rotatable bonds is 2. The first kappa shape index (κ1) is 8.87. The molecule has 0 spiro atoms. The number of nitrogens with one attached hydrogen (secondary N) is 1. The Morgan fingerprint density at radius 1 is 1.73 bits per heavy atom. The minimum Gasteiger partial charge on any atom is -0.462 e. The average molecular weight is 175 g/mol. The maximum atomic E-state index is 11.2. The molecule has 0 aromatic heterocycles. The lowest BCUT2D eigenvalue weighted by Gasteiger charge is -2.11. The van der Waals surface area contributed by atoms with Crippen molar-refractivity contribution < 1.29 is 9.53 Å². The standard InChI is InChI=1S/C7H13NO2S/c1-5(2)10-7(9)6-3-11-4-8-6/h5-6,8H,3-4H2,1-2H3/t6-/m1/s1. The maximum absolute atomic E-state index is 11.2. The van der Waals surface area contributed by atoms with Crippen LogP contribution in [-0.4, -0.2) is 29.7 Å². The molecule has 0 unspecified atom stereocenters. The van der Waals surface area contributed by atoms with E-state index >= 15 is 0 Å². The molecule has 1 saturated heterocycles. The van der Waals surface area contributed by atoms with E-state index in [0.717, 1.165) is 11.6 Å². The van der Waals surface area contributed by atoms with Crippen LogP contribution in [-0.2, 0) is 9.53 Å². The van der Waals surface area contributed by atoms with Gasteiger partial charge in [0.25, 0.3) is 0 Å². The van der Waals surface area contributed by atoms with Crippen molar-refractivity contribution in [3.8, 4) is 0 Å². The van der Waals surface area contributed by atoms with Crippen LogP contribution < -0.4 is 5.32 Å². The minimum absolute atomic E-state index is 0.00472. The first-order valence-corrected chi connectivity index (χ1v) is 4.87. The topological polar surface area (TPSA) is 38.3 Å². The number of hydrogen-bond acceptors (Lipinski definition) is 4. The van der Waals surface area contributed by atoms with E-state index < -0.39 is 0 Å². The molecule has 1 N–H and O–H groups in total. The first-order valence-electron chi connectivity index (χ1n) is 3.72. The van der Waals surface area contributed by atoms with Gasteiger partial charge in [0.05, 0.1) is 6.10 Å². The highest BCUT2D eigenvalue weighted by molar-refractivity contribution is 7.99. The predicted octanol–water partition coefficient (Wildman–Crippen LogP) is 0.600. The molecule has 4 heteroatoms. The summed E-state index contributed by atoms with van der Waals surface area (Å²) >= 11 is 1.73. The molecule has 1 aliphatic rings. The SMILES string of the molecule is CC(C)OC(=O)[C@H]1CSCN1. The highest BCUT2D eigenvalue weighted by atomic mass is 32.2. The van der Waals surface area contributed by atoms with Crippen LogP contribution in [0.5, 0.6) is 0 Å². The summed E-state index contributed by atoms with van der Waals surface area (Å²) in [6.45, 7) is 3.72. The Labute approximate surface area is 70.9 Å². The Kier molecular flexibility index (Phi) is 3.20. The van der Waals surface area contributed by atoms with Crippen LogP contribution in [0.25, 0.3) is 0 Å². The highest BCUT2D eigenvalue weighted by Crippen LogP contribution is 2.11. The van der Waals surface area contributed by atoms with E-state index in [1.165, 1.54) is 0 Å². The second-order valence-corrected chi connectivity index (χ2v) is 3.79. The van der Waals surface area contributed by atoms with Gasteiger partial charge in [0, 0.05) is 11.6 Å². The second-order valence-electron chi connectivity index (χ2n) is 2.76. The number of esters is 1. The van der Waals surface area contributed by atoms with E-state index in [9.17, 15) is 4.79 Å². The van der Waals surface area contributed by atoms with Crippen LogP contribution in [0.4, 0.5) is 0 Å². The molecule has 11 heavy (non-hydrogen) atoms. The van der Waals surface area contributed by atoms with Crippen molar-refractivity contribution in [1.29, 1.82) is 0 Å². The third kappa shape index (κ3) is 2.71. The van der Waals surface area contributed by atoms with Crippen LogP contribution in [0.3, 0.4) is 0 Å². The van der Waals surface area contributed by atoms with Crippen molar-refractivity contribution in [2.24, 2.45) is 0 Å². The summed E-state index contributed by atoms with van der Waals surface area (Å²) in [5, 5.41) is 3.05. The molecule has 0 aliphatic carbocycles. The van der Waals surface area contributed by atoms with Gasteiger partial charge in [-0.3, -0.25) is 10.1 Å². The summed E-state index contributed by atoms with van der Waals surface area (Å²) in [5.74, 6) is 1.58. The van der Waals surface area contributed by atoms with Gasteiger partial charge in [0.1, 0.15) is 6.04 Å². The lowest BCUT2D eigenvalue weighted by Crippen LogP contribution is -2.35. The second kappa shape index (κ2) is 3.97. The number of carbonyl (C=O) groups excluding carboxylic acids is 1. The van der Waals surface area contributed by atoms with Crippen molar-refractivity contribution in [2.45, 2.75) is 26.0 Å². The Morgan fingerprint density at radius 2 is 2.45 bits per heavy atom. The molecule has 1 rings (SSSR count). The van der Waals surface area contributed by atoms with Crippen LogP contribution in [0, 0.1) is 0 Å². The van der Waals surface area contributed by atoms with Gasteiger partial charge >= 0.3 is 5.97 Å². The molecule has 0 aromatic carbocycles. The summed E-state index contributed by atoms with van der Waals surface area (Å²) < 4.78 is 5.02. The van der Waals surface area contributed by atoms with Gasteiger partial charge in [0.2, 0.25) is 0 Å². The lowest BCUT2D eigenvalue weighted by molar-refractivity contribution is -0.149. The minimum atomic E-state index is -0.120. The Hall–Kier alpha value is -0.220. The van der Waals surface area contributed by atoms with Crippen molar-refractivity contribution in [1.82, 2.24) is 5.32 Å². The highest BCUT2D eigenvalue weighted by Gasteiger charge is 2.24. The Balaban J connectivity index is 2.28. The molecule has 64 valence electrons. The average Bonchev–Trinajstić information content (AvgIpc) is 2.35. The molecule has 0 amide bonds. The monoisotopic (exact) mass is 175 g/mol. The first-order chi connectivity index (χ1) is 5.20. The summed E-state index contributed by atoms with van der Waals surface area (Å²) in [6, 6.07) is -0.0811. The van der Waals surface area contributed by atoms with Gasteiger partial charge < -0.3 is 4.74 Å².